The molecule has 3 rings (SSSR count). The summed E-state index contributed by atoms with van der Waals surface area (Å²) < 4.78 is 0.655. The zero-order valence-electron chi connectivity index (χ0n) is 12.6. The van der Waals surface area contributed by atoms with Gasteiger partial charge in [0.25, 0.3) is 0 Å². The largest absolute Gasteiger partial charge is 0.327 e. The van der Waals surface area contributed by atoms with Crippen LogP contribution in [0.25, 0.3) is 10.3 Å². The van der Waals surface area contributed by atoms with Gasteiger partial charge < -0.3 is 5.32 Å². The number of pyridine rings is 2. The minimum atomic E-state index is -0.242. The zero-order chi connectivity index (χ0) is 16.4. The summed E-state index contributed by atoms with van der Waals surface area (Å²) in [5, 5.41) is 2.85. The Kier molecular flexibility index (Phi) is 4.44. The molecule has 23 heavy (non-hydrogen) atoms. The van der Waals surface area contributed by atoms with E-state index < -0.39 is 0 Å². The maximum Gasteiger partial charge on any atom is 0.327 e. The summed E-state index contributed by atoms with van der Waals surface area (Å²) in [4.78, 5) is 27.7. The number of rotatable bonds is 3. The highest BCUT2D eigenvalue weighted by Crippen LogP contribution is 2.26. The Morgan fingerprint density at radius 3 is 2.65 bits per heavy atom. The van der Waals surface area contributed by atoms with Gasteiger partial charge in [-0.1, -0.05) is 11.3 Å². The summed E-state index contributed by atoms with van der Waals surface area (Å²) in [6.45, 7) is 3.88. The topological polar surface area (TPSA) is 71.0 Å². The van der Waals surface area contributed by atoms with E-state index in [0.717, 1.165) is 10.3 Å². The lowest BCUT2D eigenvalue weighted by molar-refractivity contribution is 0.255. The first-order chi connectivity index (χ1) is 11.0. The van der Waals surface area contributed by atoms with Crippen molar-refractivity contribution in [2.24, 2.45) is 0 Å². The van der Waals surface area contributed by atoms with Gasteiger partial charge in [0, 0.05) is 24.1 Å². The molecule has 2 amide bonds. The Morgan fingerprint density at radius 1 is 1.22 bits per heavy atom. The normalized spacial score (nSPS) is 11.0. The van der Waals surface area contributed by atoms with Crippen LogP contribution in [0.5, 0.6) is 0 Å². The molecule has 0 saturated heterocycles. The summed E-state index contributed by atoms with van der Waals surface area (Å²) >= 11 is 5.63. The first-order valence-corrected chi connectivity index (χ1v) is 8.28. The third-order valence-electron chi connectivity index (χ3n) is 3.14. The summed E-state index contributed by atoms with van der Waals surface area (Å²) in [6, 6.07) is 6.83. The van der Waals surface area contributed by atoms with Gasteiger partial charge >= 0.3 is 6.03 Å². The minimum absolute atomic E-state index is 0.0508. The van der Waals surface area contributed by atoms with E-state index >= 15 is 0 Å². The van der Waals surface area contributed by atoms with E-state index in [1.54, 1.807) is 35.5 Å². The lowest BCUT2D eigenvalue weighted by Crippen LogP contribution is -2.40. The molecule has 0 radical (unpaired) electrons. The number of hydrogen-bond acceptors (Lipinski definition) is 6. The molecule has 3 aromatic heterocycles. The van der Waals surface area contributed by atoms with E-state index in [4.69, 9.17) is 0 Å². The van der Waals surface area contributed by atoms with E-state index in [2.05, 4.69) is 32.9 Å². The maximum atomic E-state index is 12.6. The highest BCUT2D eigenvalue weighted by atomic mass is 32.2. The molecule has 0 aromatic carbocycles. The fraction of sp³-hybridized carbons (Fsp3) is 0.200. The third-order valence-corrected chi connectivity index (χ3v) is 4.28. The fourth-order valence-corrected chi connectivity index (χ4v) is 3.19. The van der Waals surface area contributed by atoms with Gasteiger partial charge in [-0.05, 0) is 38.1 Å². The van der Waals surface area contributed by atoms with Crippen molar-refractivity contribution in [2.75, 3.05) is 10.2 Å². The highest BCUT2D eigenvalue weighted by Gasteiger charge is 2.21. The van der Waals surface area contributed by atoms with Crippen LogP contribution in [0, 0.1) is 0 Å². The van der Waals surface area contributed by atoms with Crippen LogP contribution >= 0.6 is 24.0 Å². The Balaban J connectivity index is 1.91. The molecule has 0 fully saturated rings. The number of nitrogens with zero attached hydrogens (tertiary/aromatic N) is 4. The van der Waals surface area contributed by atoms with Gasteiger partial charge in [-0.15, -0.1) is 12.6 Å². The van der Waals surface area contributed by atoms with Crippen LogP contribution in [-0.4, -0.2) is 27.0 Å². The smallest absolute Gasteiger partial charge is 0.307 e. The molecule has 8 heteroatoms. The first kappa shape index (κ1) is 15.7. The molecular formula is C15H15N5OS2. The Morgan fingerprint density at radius 2 is 1.96 bits per heavy atom. The molecule has 3 aromatic rings. The molecule has 0 spiro atoms. The number of amides is 2. The van der Waals surface area contributed by atoms with Crippen LogP contribution in [0.3, 0.4) is 0 Å². The number of thiazole rings is 1. The van der Waals surface area contributed by atoms with Crippen molar-refractivity contribution in [1.82, 2.24) is 15.0 Å². The molecule has 0 aliphatic heterocycles. The van der Waals surface area contributed by atoms with Crippen LogP contribution in [0.2, 0.25) is 0 Å². The Bertz CT molecular complexity index is 834. The molecule has 6 nitrogen and oxygen atoms in total. The highest BCUT2D eigenvalue weighted by molar-refractivity contribution is 7.82. The van der Waals surface area contributed by atoms with Crippen molar-refractivity contribution in [3.8, 4) is 0 Å². The van der Waals surface area contributed by atoms with Crippen LogP contribution in [0.4, 0.5) is 16.3 Å². The third kappa shape index (κ3) is 3.43. The van der Waals surface area contributed by atoms with Crippen LogP contribution in [0.15, 0.2) is 41.0 Å². The monoisotopic (exact) mass is 345 g/mol. The van der Waals surface area contributed by atoms with E-state index in [1.807, 2.05) is 19.9 Å². The molecule has 0 unspecified atom stereocenters. The number of nitrogens with one attached hydrogen (secondary N) is 1. The van der Waals surface area contributed by atoms with Crippen molar-refractivity contribution >= 4 is 51.8 Å². The summed E-state index contributed by atoms with van der Waals surface area (Å²) in [7, 11) is 0. The fourth-order valence-electron chi connectivity index (χ4n) is 2.15. The number of urea groups is 1. The number of carbonyl (C=O) groups excluding carboxylic acids is 1. The lowest BCUT2D eigenvalue weighted by Gasteiger charge is -2.25. The van der Waals surface area contributed by atoms with Crippen molar-refractivity contribution in [1.29, 1.82) is 0 Å². The van der Waals surface area contributed by atoms with Gasteiger partial charge in [0.05, 0.1) is 0 Å². The maximum absolute atomic E-state index is 12.6. The molecule has 3 heterocycles. The number of carbonyl (C=O) groups is 1. The molecular weight excluding hydrogens is 330 g/mol. The second kappa shape index (κ2) is 6.51. The summed E-state index contributed by atoms with van der Waals surface area (Å²) in [6.07, 6.45) is 3.26. The van der Waals surface area contributed by atoms with Crippen LogP contribution in [0.1, 0.15) is 13.8 Å². The zero-order valence-corrected chi connectivity index (χ0v) is 14.3. The predicted octanol–water partition coefficient (Wildman–Crippen LogP) is 3.82. The van der Waals surface area contributed by atoms with Gasteiger partial charge in [-0.3, -0.25) is 9.88 Å². The minimum Gasteiger partial charge on any atom is -0.307 e. The van der Waals surface area contributed by atoms with Gasteiger partial charge in [0.2, 0.25) is 0 Å². The van der Waals surface area contributed by atoms with Crippen molar-refractivity contribution in [3.63, 3.8) is 0 Å². The van der Waals surface area contributed by atoms with Gasteiger partial charge in [0.15, 0.2) is 0 Å². The predicted molar refractivity (Wildman–Crippen MR) is 95.5 cm³/mol. The Labute approximate surface area is 143 Å². The SMILES string of the molecule is CC(C)N(C(=O)Nc1ccncc1)c1ccc2nc(S)sc2n1. The average molecular weight is 345 g/mol. The molecule has 118 valence electrons. The number of fused-ring (bicyclic) bond motifs is 1. The van der Waals surface area contributed by atoms with E-state index in [-0.39, 0.29) is 12.1 Å². The number of anilines is 2. The number of thiol groups is 1. The quantitative estimate of drug-likeness (QED) is 0.708. The average Bonchev–Trinajstić information content (AvgIpc) is 2.87. The Hall–Kier alpha value is -2.19. The molecule has 0 aliphatic rings. The van der Waals surface area contributed by atoms with Crippen molar-refractivity contribution < 1.29 is 4.79 Å². The number of aromatic nitrogens is 3. The molecule has 0 bridgehead atoms. The van der Waals surface area contributed by atoms with Gasteiger partial charge in [0.1, 0.15) is 20.5 Å². The number of hydrogen-bond donors (Lipinski definition) is 2. The standard InChI is InChI=1S/C15H15N5OS2/c1-9(2)20(14(21)17-10-5-7-16-8-6-10)12-4-3-11-13(19-12)23-15(22)18-11/h3-9H,1-2H3,(H,18,22)(H,16,17,21). The first-order valence-electron chi connectivity index (χ1n) is 7.01. The second-order valence-electron chi connectivity index (χ2n) is 5.12. The summed E-state index contributed by atoms with van der Waals surface area (Å²) in [5.74, 6) is 0.580. The molecule has 0 atom stereocenters. The van der Waals surface area contributed by atoms with Crippen LogP contribution < -0.4 is 10.2 Å². The molecule has 0 saturated carbocycles. The summed E-state index contributed by atoms with van der Waals surface area (Å²) in [5.41, 5.74) is 1.47. The van der Waals surface area contributed by atoms with E-state index in [1.165, 1.54) is 11.3 Å². The van der Waals surface area contributed by atoms with Gasteiger partial charge in [-0.25, -0.2) is 14.8 Å². The lowest BCUT2D eigenvalue weighted by atomic mass is 10.3. The second-order valence-corrected chi connectivity index (χ2v) is 6.82. The van der Waals surface area contributed by atoms with Crippen molar-refractivity contribution in [3.05, 3.63) is 36.7 Å². The van der Waals surface area contributed by atoms with Gasteiger partial charge in [-0.2, -0.15) is 0 Å². The molecule has 1 N–H and O–H groups in total. The van der Waals surface area contributed by atoms with E-state index in [9.17, 15) is 4.79 Å². The molecule has 0 aliphatic carbocycles. The van der Waals surface area contributed by atoms with E-state index in [0.29, 0.717) is 15.8 Å². The van der Waals surface area contributed by atoms with Crippen molar-refractivity contribution in [2.45, 2.75) is 24.2 Å². The van der Waals surface area contributed by atoms with Crippen LogP contribution in [-0.2, 0) is 0 Å².